The van der Waals surface area contributed by atoms with Gasteiger partial charge < -0.3 is 14.8 Å². The standard InChI is InChI=1S/C12H17NO2/c1-4-7-13-9-10-8-11(14-2)5-6-12(10)15-3/h4-6,8,13H,1,7,9H2,2-3H3. The second-order valence-corrected chi connectivity index (χ2v) is 3.10. The minimum Gasteiger partial charge on any atom is -0.497 e. The van der Waals surface area contributed by atoms with Crippen molar-refractivity contribution in [1.29, 1.82) is 0 Å². The fourth-order valence-electron chi connectivity index (χ4n) is 1.33. The minimum atomic E-state index is 0.742. The first-order chi connectivity index (χ1) is 7.31. The molecule has 1 rings (SSSR count). The lowest BCUT2D eigenvalue weighted by Gasteiger charge is -2.10. The Balaban J connectivity index is 2.76. The predicted molar refractivity (Wildman–Crippen MR) is 61.4 cm³/mol. The molecule has 1 aromatic carbocycles. The van der Waals surface area contributed by atoms with Gasteiger partial charge in [0.1, 0.15) is 11.5 Å². The van der Waals surface area contributed by atoms with Crippen LogP contribution in [0.2, 0.25) is 0 Å². The van der Waals surface area contributed by atoms with E-state index in [0.29, 0.717) is 0 Å². The molecule has 0 saturated carbocycles. The second-order valence-electron chi connectivity index (χ2n) is 3.10. The molecule has 1 aromatic rings. The first-order valence-corrected chi connectivity index (χ1v) is 4.84. The Hall–Kier alpha value is -1.48. The largest absolute Gasteiger partial charge is 0.497 e. The molecule has 82 valence electrons. The molecular formula is C12H17NO2. The first-order valence-electron chi connectivity index (χ1n) is 4.84. The zero-order valence-corrected chi connectivity index (χ0v) is 9.25. The van der Waals surface area contributed by atoms with Crippen LogP contribution in [0.3, 0.4) is 0 Å². The summed E-state index contributed by atoms with van der Waals surface area (Å²) in [6.45, 7) is 5.17. The van der Waals surface area contributed by atoms with E-state index in [-0.39, 0.29) is 0 Å². The topological polar surface area (TPSA) is 30.5 Å². The summed E-state index contributed by atoms with van der Waals surface area (Å²) >= 11 is 0. The van der Waals surface area contributed by atoms with Crippen molar-refractivity contribution in [3.8, 4) is 11.5 Å². The molecule has 3 nitrogen and oxygen atoms in total. The molecule has 0 aliphatic carbocycles. The van der Waals surface area contributed by atoms with Gasteiger partial charge in [0.25, 0.3) is 0 Å². The van der Waals surface area contributed by atoms with Crippen LogP contribution in [0.5, 0.6) is 11.5 Å². The van der Waals surface area contributed by atoms with E-state index in [0.717, 1.165) is 30.2 Å². The normalized spacial score (nSPS) is 9.73. The number of rotatable bonds is 6. The van der Waals surface area contributed by atoms with Gasteiger partial charge in [-0.25, -0.2) is 0 Å². The summed E-state index contributed by atoms with van der Waals surface area (Å²) in [5.74, 6) is 1.71. The van der Waals surface area contributed by atoms with E-state index in [1.54, 1.807) is 14.2 Å². The van der Waals surface area contributed by atoms with Gasteiger partial charge in [-0.3, -0.25) is 0 Å². The van der Waals surface area contributed by atoms with E-state index in [1.165, 1.54) is 0 Å². The van der Waals surface area contributed by atoms with Gasteiger partial charge in [-0.2, -0.15) is 0 Å². The Morgan fingerprint density at radius 1 is 1.33 bits per heavy atom. The maximum Gasteiger partial charge on any atom is 0.123 e. The van der Waals surface area contributed by atoms with Crippen LogP contribution in [-0.2, 0) is 6.54 Å². The SMILES string of the molecule is C=CCNCc1cc(OC)ccc1OC. The monoisotopic (exact) mass is 207 g/mol. The average Bonchev–Trinajstić information content (AvgIpc) is 2.29. The van der Waals surface area contributed by atoms with E-state index >= 15 is 0 Å². The van der Waals surface area contributed by atoms with Gasteiger partial charge >= 0.3 is 0 Å². The molecule has 0 aliphatic rings. The van der Waals surface area contributed by atoms with E-state index in [9.17, 15) is 0 Å². The summed E-state index contributed by atoms with van der Waals surface area (Å²) in [5, 5.41) is 3.22. The Morgan fingerprint density at radius 3 is 2.73 bits per heavy atom. The third-order valence-corrected chi connectivity index (χ3v) is 2.09. The highest BCUT2D eigenvalue weighted by Gasteiger charge is 2.03. The third-order valence-electron chi connectivity index (χ3n) is 2.09. The Bertz CT molecular complexity index is 323. The fraction of sp³-hybridized carbons (Fsp3) is 0.333. The summed E-state index contributed by atoms with van der Waals surface area (Å²) in [4.78, 5) is 0. The zero-order chi connectivity index (χ0) is 11.1. The molecular weight excluding hydrogens is 190 g/mol. The van der Waals surface area contributed by atoms with Crippen LogP contribution >= 0.6 is 0 Å². The van der Waals surface area contributed by atoms with Gasteiger partial charge in [-0.05, 0) is 18.2 Å². The molecule has 0 aliphatic heterocycles. The van der Waals surface area contributed by atoms with Crippen LogP contribution < -0.4 is 14.8 Å². The molecule has 0 fully saturated rings. The summed E-state index contributed by atoms with van der Waals surface area (Å²) < 4.78 is 10.4. The third kappa shape index (κ3) is 3.29. The quantitative estimate of drug-likeness (QED) is 0.571. The molecule has 0 aromatic heterocycles. The highest BCUT2D eigenvalue weighted by atomic mass is 16.5. The molecule has 0 unspecified atom stereocenters. The molecule has 0 spiro atoms. The van der Waals surface area contributed by atoms with Crippen molar-refractivity contribution in [3.05, 3.63) is 36.4 Å². The Morgan fingerprint density at radius 2 is 2.13 bits per heavy atom. The molecule has 3 heteroatoms. The summed E-state index contributed by atoms with van der Waals surface area (Å²) in [7, 11) is 3.32. The minimum absolute atomic E-state index is 0.742. The number of hydrogen-bond donors (Lipinski definition) is 1. The van der Waals surface area contributed by atoms with Crippen molar-refractivity contribution in [2.45, 2.75) is 6.54 Å². The van der Waals surface area contributed by atoms with Gasteiger partial charge in [0.2, 0.25) is 0 Å². The van der Waals surface area contributed by atoms with Crippen molar-refractivity contribution >= 4 is 0 Å². The van der Waals surface area contributed by atoms with Crippen molar-refractivity contribution < 1.29 is 9.47 Å². The van der Waals surface area contributed by atoms with E-state index in [2.05, 4.69) is 11.9 Å². The fourth-order valence-corrected chi connectivity index (χ4v) is 1.33. The smallest absolute Gasteiger partial charge is 0.123 e. The van der Waals surface area contributed by atoms with Gasteiger partial charge in [-0.15, -0.1) is 6.58 Å². The van der Waals surface area contributed by atoms with Crippen LogP contribution in [-0.4, -0.2) is 20.8 Å². The number of nitrogens with one attached hydrogen (secondary N) is 1. The molecule has 0 saturated heterocycles. The zero-order valence-electron chi connectivity index (χ0n) is 9.25. The van der Waals surface area contributed by atoms with Crippen LogP contribution in [0.25, 0.3) is 0 Å². The van der Waals surface area contributed by atoms with Crippen molar-refractivity contribution in [2.24, 2.45) is 0 Å². The second kappa shape index (κ2) is 6.09. The molecule has 1 N–H and O–H groups in total. The van der Waals surface area contributed by atoms with Crippen molar-refractivity contribution in [3.63, 3.8) is 0 Å². The number of hydrogen-bond acceptors (Lipinski definition) is 3. The van der Waals surface area contributed by atoms with Crippen molar-refractivity contribution in [1.82, 2.24) is 5.32 Å². The molecule has 0 amide bonds. The van der Waals surface area contributed by atoms with Crippen LogP contribution in [0, 0.1) is 0 Å². The number of methoxy groups -OCH3 is 2. The summed E-state index contributed by atoms with van der Waals surface area (Å²) in [5.41, 5.74) is 1.08. The maximum absolute atomic E-state index is 5.25. The maximum atomic E-state index is 5.25. The average molecular weight is 207 g/mol. The lowest BCUT2D eigenvalue weighted by atomic mass is 10.2. The highest BCUT2D eigenvalue weighted by Crippen LogP contribution is 2.23. The van der Waals surface area contributed by atoms with Gasteiger partial charge in [0, 0.05) is 18.7 Å². The summed E-state index contributed by atoms with van der Waals surface area (Å²) in [6, 6.07) is 5.76. The lowest BCUT2D eigenvalue weighted by molar-refractivity contribution is 0.397. The Labute approximate surface area is 90.7 Å². The van der Waals surface area contributed by atoms with Crippen LogP contribution in [0.1, 0.15) is 5.56 Å². The molecule has 0 radical (unpaired) electrons. The number of benzene rings is 1. The molecule has 0 heterocycles. The Kier molecular flexibility index (Phi) is 4.71. The van der Waals surface area contributed by atoms with Crippen LogP contribution in [0.15, 0.2) is 30.9 Å². The molecule has 0 atom stereocenters. The number of ether oxygens (including phenoxy) is 2. The first kappa shape index (κ1) is 11.6. The van der Waals surface area contributed by atoms with Gasteiger partial charge in [-0.1, -0.05) is 6.08 Å². The van der Waals surface area contributed by atoms with Crippen LogP contribution in [0.4, 0.5) is 0 Å². The van der Waals surface area contributed by atoms with Crippen molar-refractivity contribution in [2.75, 3.05) is 20.8 Å². The van der Waals surface area contributed by atoms with E-state index in [1.807, 2.05) is 24.3 Å². The highest BCUT2D eigenvalue weighted by molar-refractivity contribution is 5.40. The van der Waals surface area contributed by atoms with E-state index < -0.39 is 0 Å². The van der Waals surface area contributed by atoms with Gasteiger partial charge in [0.05, 0.1) is 14.2 Å². The summed E-state index contributed by atoms with van der Waals surface area (Å²) in [6.07, 6.45) is 1.83. The predicted octanol–water partition coefficient (Wildman–Crippen LogP) is 1.98. The molecule has 0 bridgehead atoms. The van der Waals surface area contributed by atoms with E-state index in [4.69, 9.17) is 9.47 Å². The van der Waals surface area contributed by atoms with Gasteiger partial charge in [0.15, 0.2) is 0 Å². The lowest BCUT2D eigenvalue weighted by Crippen LogP contribution is -2.13. The molecule has 15 heavy (non-hydrogen) atoms.